The quantitative estimate of drug-likeness (QED) is 0.635. The lowest BCUT2D eigenvalue weighted by atomic mass is 10.2. The number of carbonyl (C=O) groups is 1. The minimum Gasteiger partial charge on any atom is -0.399 e. The standard InChI is InChI=1S/C12H15BrN2O4S/c1-3-19-12(13)7-15(8(2)16)10-6-9(14)4-5-11(10)20(12,17)18/h4-6H,3,7,14H2,1-2H3. The van der Waals surface area contributed by atoms with Crippen LogP contribution in [0.15, 0.2) is 23.1 Å². The number of anilines is 2. The molecule has 1 aromatic carbocycles. The predicted molar refractivity (Wildman–Crippen MR) is 79.4 cm³/mol. The number of ether oxygens (including phenoxy) is 1. The molecule has 1 aliphatic heterocycles. The SMILES string of the molecule is CCOC1(Br)CN(C(C)=O)c2cc(N)ccc2S1(=O)=O. The molecule has 8 heteroatoms. The zero-order valence-corrected chi connectivity index (χ0v) is 13.5. The van der Waals surface area contributed by atoms with Gasteiger partial charge in [-0.25, -0.2) is 8.42 Å². The summed E-state index contributed by atoms with van der Waals surface area (Å²) in [5.74, 6) is -0.282. The molecule has 6 nitrogen and oxygen atoms in total. The molecule has 1 atom stereocenters. The number of alkyl halides is 1. The third-order valence-electron chi connectivity index (χ3n) is 3.05. The van der Waals surface area contributed by atoms with Crippen molar-refractivity contribution in [2.24, 2.45) is 0 Å². The lowest BCUT2D eigenvalue weighted by Crippen LogP contribution is -2.52. The molecule has 1 aliphatic rings. The van der Waals surface area contributed by atoms with E-state index in [0.29, 0.717) is 5.69 Å². The van der Waals surface area contributed by atoms with Crippen LogP contribution in [0.25, 0.3) is 0 Å². The van der Waals surface area contributed by atoms with Gasteiger partial charge < -0.3 is 15.4 Å². The highest BCUT2D eigenvalue weighted by Crippen LogP contribution is 2.44. The van der Waals surface area contributed by atoms with Crippen molar-refractivity contribution in [3.8, 4) is 0 Å². The largest absolute Gasteiger partial charge is 0.399 e. The van der Waals surface area contributed by atoms with Crippen LogP contribution in [0.2, 0.25) is 0 Å². The molecule has 0 saturated heterocycles. The summed E-state index contributed by atoms with van der Waals surface area (Å²) in [6, 6.07) is 4.36. The van der Waals surface area contributed by atoms with Crippen LogP contribution in [-0.4, -0.2) is 31.3 Å². The first kappa shape index (κ1) is 15.3. The Morgan fingerprint density at radius 1 is 1.55 bits per heavy atom. The van der Waals surface area contributed by atoms with Crippen molar-refractivity contribution >= 4 is 43.0 Å². The van der Waals surface area contributed by atoms with Crippen LogP contribution in [0.3, 0.4) is 0 Å². The van der Waals surface area contributed by atoms with E-state index in [1.807, 2.05) is 0 Å². The molecule has 1 aromatic rings. The molecule has 0 fully saturated rings. The van der Waals surface area contributed by atoms with E-state index >= 15 is 0 Å². The maximum Gasteiger partial charge on any atom is 0.247 e. The maximum atomic E-state index is 12.6. The Kier molecular flexibility index (Phi) is 3.83. The van der Waals surface area contributed by atoms with Crippen molar-refractivity contribution in [3.63, 3.8) is 0 Å². The lowest BCUT2D eigenvalue weighted by Gasteiger charge is -2.38. The van der Waals surface area contributed by atoms with E-state index in [2.05, 4.69) is 15.9 Å². The number of hydrogen-bond acceptors (Lipinski definition) is 5. The molecule has 0 radical (unpaired) electrons. The second kappa shape index (κ2) is 5.01. The van der Waals surface area contributed by atoms with Crippen LogP contribution in [0.1, 0.15) is 13.8 Å². The number of nitrogens with zero attached hydrogens (tertiary/aromatic N) is 1. The molecule has 1 heterocycles. The van der Waals surface area contributed by atoms with Gasteiger partial charge in [0.05, 0.1) is 17.1 Å². The molecule has 0 aromatic heterocycles. The van der Waals surface area contributed by atoms with Crippen LogP contribution in [0.5, 0.6) is 0 Å². The van der Waals surface area contributed by atoms with Crippen molar-refractivity contribution in [2.45, 2.75) is 22.6 Å². The average molecular weight is 363 g/mol. The van der Waals surface area contributed by atoms with Crippen molar-refractivity contribution in [1.29, 1.82) is 0 Å². The molecule has 1 unspecified atom stereocenters. The molecule has 2 N–H and O–H groups in total. The highest BCUT2D eigenvalue weighted by Gasteiger charge is 2.51. The number of hydrogen-bond donors (Lipinski definition) is 1. The Labute approximate surface area is 125 Å². The summed E-state index contributed by atoms with van der Waals surface area (Å²) in [6.07, 6.45) is 0. The van der Waals surface area contributed by atoms with E-state index in [4.69, 9.17) is 10.5 Å². The molecule has 0 bridgehead atoms. The van der Waals surface area contributed by atoms with Gasteiger partial charge in [-0.15, -0.1) is 0 Å². The summed E-state index contributed by atoms with van der Waals surface area (Å²) in [4.78, 5) is 13.2. The zero-order chi connectivity index (χ0) is 15.1. The molecule has 2 rings (SSSR count). The molecule has 0 saturated carbocycles. The first-order valence-electron chi connectivity index (χ1n) is 5.98. The van der Waals surface area contributed by atoms with Gasteiger partial charge in [-0.05, 0) is 41.1 Å². The van der Waals surface area contributed by atoms with Gasteiger partial charge >= 0.3 is 0 Å². The fourth-order valence-corrected chi connectivity index (χ4v) is 4.71. The fraction of sp³-hybridized carbons (Fsp3) is 0.417. The summed E-state index contributed by atoms with van der Waals surface area (Å²) in [6.45, 7) is 3.12. The Balaban J connectivity index is 2.71. The second-order valence-corrected chi connectivity index (χ2v) is 8.34. The minimum atomic E-state index is -3.78. The molecular formula is C12H15BrN2O4S. The van der Waals surface area contributed by atoms with Gasteiger partial charge in [-0.1, -0.05) is 0 Å². The predicted octanol–water partition coefficient (Wildman–Crippen LogP) is 1.49. The van der Waals surface area contributed by atoms with Gasteiger partial charge in [0.2, 0.25) is 19.6 Å². The number of benzene rings is 1. The Morgan fingerprint density at radius 3 is 2.75 bits per heavy atom. The Morgan fingerprint density at radius 2 is 2.20 bits per heavy atom. The van der Waals surface area contributed by atoms with Crippen LogP contribution in [-0.2, 0) is 19.4 Å². The monoisotopic (exact) mass is 362 g/mol. The maximum absolute atomic E-state index is 12.6. The summed E-state index contributed by atoms with van der Waals surface area (Å²) in [5, 5.41) is 0. The van der Waals surface area contributed by atoms with Crippen LogP contribution in [0, 0.1) is 0 Å². The van der Waals surface area contributed by atoms with E-state index in [1.165, 1.54) is 30.0 Å². The summed E-state index contributed by atoms with van der Waals surface area (Å²) in [5.41, 5.74) is 6.36. The van der Waals surface area contributed by atoms with Crippen molar-refractivity contribution in [2.75, 3.05) is 23.8 Å². The first-order valence-corrected chi connectivity index (χ1v) is 8.25. The number of amides is 1. The van der Waals surface area contributed by atoms with E-state index in [1.54, 1.807) is 6.92 Å². The van der Waals surface area contributed by atoms with Crippen molar-refractivity contribution in [3.05, 3.63) is 18.2 Å². The zero-order valence-electron chi connectivity index (χ0n) is 11.1. The molecule has 1 amide bonds. The Hall–Kier alpha value is -1.12. The van der Waals surface area contributed by atoms with Gasteiger partial charge in [0.1, 0.15) is 0 Å². The number of rotatable bonds is 2. The lowest BCUT2D eigenvalue weighted by molar-refractivity contribution is -0.117. The number of nitrogen functional groups attached to an aromatic ring is 1. The number of sulfone groups is 1. The Bertz CT molecular complexity index is 661. The second-order valence-electron chi connectivity index (χ2n) is 4.43. The normalized spacial score (nSPS) is 24.2. The van der Waals surface area contributed by atoms with Gasteiger partial charge in [0, 0.05) is 19.2 Å². The van der Waals surface area contributed by atoms with Gasteiger partial charge in [0.25, 0.3) is 0 Å². The van der Waals surface area contributed by atoms with Gasteiger partial charge in [-0.3, -0.25) is 4.79 Å². The molecule has 0 spiro atoms. The van der Waals surface area contributed by atoms with Crippen molar-refractivity contribution < 1.29 is 17.9 Å². The average Bonchev–Trinajstić information content (AvgIpc) is 2.34. The molecule has 20 heavy (non-hydrogen) atoms. The summed E-state index contributed by atoms with van der Waals surface area (Å²) >= 11 is 3.14. The number of carbonyl (C=O) groups excluding carboxylic acids is 1. The third kappa shape index (κ3) is 2.21. The van der Waals surface area contributed by atoms with Crippen LogP contribution >= 0.6 is 15.9 Å². The minimum absolute atomic E-state index is 0.0264. The fourth-order valence-electron chi connectivity index (χ4n) is 2.12. The molecule has 0 aliphatic carbocycles. The van der Waals surface area contributed by atoms with E-state index in [0.717, 1.165) is 0 Å². The van der Waals surface area contributed by atoms with E-state index in [9.17, 15) is 13.2 Å². The smallest absolute Gasteiger partial charge is 0.247 e. The highest BCUT2D eigenvalue weighted by molar-refractivity contribution is 9.11. The van der Waals surface area contributed by atoms with Crippen molar-refractivity contribution in [1.82, 2.24) is 0 Å². The van der Waals surface area contributed by atoms with E-state index in [-0.39, 0.29) is 29.6 Å². The number of fused-ring (bicyclic) bond motifs is 1. The third-order valence-corrected chi connectivity index (χ3v) is 6.78. The number of halogens is 1. The van der Waals surface area contributed by atoms with Gasteiger partial charge in [-0.2, -0.15) is 0 Å². The van der Waals surface area contributed by atoms with E-state index < -0.39 is 13.7 Å². The van der Waals surface area contributed by atoms with Gasteiger partial charge in [0.15, 0.2) is 0 Å². The molecule has 110 valence electrons. The summed E-state index contributed by atoms with van der Waals surface area (Å²) in [7, 11) is -3.78. The highest BCUT2D eigenvalue weighted by atomic mass is 79.9. The first-order chi connectivity index (χ1) is 9.23. The summed E-state index contributed by atoms with van der Waals surface area (Å²) < 4.78 is 29.0. The van der Waals surface area contributed by atoms with Crippen LogP contribution in [0.4, 0.5) is 11.4 Å². The molecular weight excluding hydrogens is 348 g/mol. The number of nitrogens with two attached hydrogens (primary N) is 1. The topological polar surface area (TPSA) is 89.7 Å². The van der Waals surface area contributed by atoms with Crippen LogP contribution < -0.4 is 10.6 Å².